The summed E-state index contributed by atoms with van der Waals surface area (Å²) in [5.74, 6) is 0. The zero-order valence-corrected chi connectivity index (χ0v) is 16.4. The third kappa shape index (κ3) is 4.07. The van der Waals surface area contributed by atoms with E-state index in [1.807, 2.05) is 12.3 Å². The number of nitrogens with zero attached hydrogens (tertiary/aromatic N) is 1. The molecule has 2 aromatic carbocycles. The van der Waals surface area contributed by atoms with E-state index in [0.29, 0.717) is 0 Å². The maximum Gasteiger partial charge on any atom is 0.138 e. The van der Waals surface area contributed by atoms with Gasteiger partial charge < -0.3 is 4.98 Å². The third-order valence-corrected chi connectivity index (χ3v) is 5.09. The standard InChI is InChI=1S/C26H26N2/c1-2-3-4-5-9-12-22-17-18-27-26-25(22)23-19-21(15-16-24(23)28-26)14-13-20-10-7-6-8-11-20/h6-19H,2-5H2,1H3,(H,27,28). The van der Waals surface area contributed by atoms with Crippen molar-refractivity contribution in [3.05, 3.63) is 83.6 Å². The van der Waals surface area contributed by atoms with Crippen molar-refractivity contribution in [2.75, 3.05) is 0 Å². The number of pyridine rings is 1. The van der Waals surface area contributed by atoms with Crippen molar-refractivity contribution in [3.8, 4) is 0 Å². The highest BCUT2D eigenvalue weighted by atomic mass is 14.8. The Morgan fingerprint density at radius 1 is 0.893 bits per heavy atom. The monoisotopic (exact) mass is 366 g/mol. The Hall–Kier alpha value is -3.13. The van der Waals surface area contributed by atoms with Crippen molar-refractivity contribution in [2.24, 2.45) is 0 Å². The third-order valence-electron chi connectivity index (χ3n) is 5.09. The molecule has 0 saturated heterocycles. The first-order chi connectivity index (χ1) is 13.8. The van der Waals surface area contributed by atoms with Crippen molar-refractivity contribution in [1.82, 2.24) is 9.97 Å². The fourth-order valence-electron chi connectivity index (χ4n) is 3.58. The second-order valence-corrected chi connectivity index (χ2v) is 7.20. The molecule has 4 rings (SSSR count). The van der Waals surface area contributed by atoms with E-state index in [1.54, 1.807) is 0 Å². The molecule has 0 bridgehead atoms. The molecule has 0 aliphatic rings. The number of hydrogen-bond acceptors (Lipinski definition) is 1. The number of nitrogens with one attached hydrogen (secondary N) is 1. The van der Waals surface area contributed by atoms with Gasteiger partial charge in [-0.15, -0.1) is 0 Å². The molecule has 2 heteroatoms. The highest BCUT2D eigenvalue weighted by Crippen LogP contribution is 2.29. The highest BCUT2D eigenvalue weighted by molar-refractivity contribution is 6.10. The number of fused-ring (bicyclic) bond motifs is 3. The summed E-state index contributed by atoms with van der Waals surface area (Å²) in [7, 11) is 0. The molecule has 0 fully saturated rings. The molecule has 0 saturated carbocycles. The van der Waals surface area contributed by atoms with Crippen LogP contribution in [0.2, 0.25) is 0 Å². The van der Waals surface area contributed by atoms with Gasteiger partial charge >= 0.3 is 0 Å². The van der Waals surface area contributed by atoms with Crippen LogP contribution in [-0.4, -0.2) is 9.97 Å². The Balaban J connectivity index is 1.69. The normalized spacial score (nSPS) is 12.0. The van der Waals surface area contributed by atoms with Gasteiger partial charge in [-0.25, -0.2) is 4.98 Å². The van der Waals surface area contributed by atoms with Crippen LogP contribution in [0, 0.1) is 0 Å². The molecular formula is C26H26N2. The molecule has 140 valence electrons. The SMILES string of the molecule is CCCCCC=Cc1ccnc2[nH]c3ccc(C=Cc4ccccc4)cc3c12. The van der Waals surface area contributed by atoms with Crippen LogP contribution in [0.4, 0.5) is 0 Å². The molecular weight excluding hydrogens is 340 g/mol. The second-order valence-electron chi connectivity index (χ2n) is 7.20. The van der Waals surface area contributed by atoms with E-state index in [2.05, 4.69) is 89.7 Å². The largest absolute Gasteiger partial charge is 0.339 e. The summed E-state index contributed by atoms with van der Waals surface area (Å²) in [6, 6.07) is 19.1. The summed E-state index contributed by atoms with van der Waals surface area (Å²) in [6.45, 7) is 2.24. The van der Waals surface area contributed by atoms with Crippen LogP contribution in [0.15, 0.2) is 66.9 Å². The summed E-state index contributed by atoms with van der Waals surface area (Å²) in [4.78, 5) is 8.01. The van der Waals surface area contributed by atoms with Crippen LogP contribution in [0.25, 0.3) is 40.2 Å². The van der Waals surface area contributed by atoms with Crippen LogP contribution in [0.1, 0.15) is 49.3 Å². The Bertz CT molecular complexity index is 1120. The van der Waals surface area contributed by atoms with Crippen molar-refractivity contribution < 1.29 is 0 Å². The number of H-pyrrole nitrogens is 1. The van der Waals surface area contributed by atoms with Gasteiger partial charge in [-0.05, 0) is 47.7 Å². The number of rotatable bonds is 7. The quantitative estimate of drug-likeness (QED) is 0.266. The van der Waals surface area contributed by atoms with Gasteiger partial charge in [-0.1, -0.05) is 80.5 Å². The lowest BCUT2D eigenvalue weighted by Crippen LogP contribution is -1.80. The van der Waals surface area contributed by atoms with Crippen LogP contribution in [0.5, 0.6) is 0 Å². The molecule has 0 aliphatic carbocycles. The smallest absolute Gasteiger partial charge is 0.138 e. The van der Waals surface area contributed by atoms with Crippen molar-refractivity contribution in [1.29, 1.82) is 0 Å². The molecule has 1 N–H and O–H groups in total. The van der Waals surface area contributed by atoms with Gasteiger partial charge in [-0.3, -0.25) is 0 Å². The lowest BCUT2D eigenvalue weighted by Gasteiger charge is -2.00. The van der Waals surface area contributed by atoms with E-state index in [4.69, 9.17) is 0 Å². The van der Waals surface area contributed by atoms with Crippen molar-refractivity contribution in [2.45, 2.75) is 32.6 Å². The molecule has 0 amide bonds. The van der Waals surface area contributed by atoms with Crippen LogP contribution in [0.3, 0.4) is 0 Å². The summed E-state index contributed by atoms with van der Waals surface area (Å²) in [6.07, 6.45) is 15.7. The number of hydrogen-bond donors (Lipinski definition) is 1. The molecule has 0 spiro atoms. The summed E-state index contributed by atoms with van der Waals surface area (Å²) < 4.78 is 0. The number of aromatic amines is 1. The Morgan fingerprint density at radius 3 is 2.61 bits per heavy atom. The molecule has 2 nitrogen and oxygen atoms in total. The lowest BCUT2D eigenvalue weighted by atomic mass is 10.0. The van der Waals surface area contributed by atoms with E-state index in [1.165, 1.54) is 46.7 Å². The Labute approximate surface area is 166 Å². The first kappa shape index (κ1) is 18.2. The number of aromatic nitrogens is 2. The van der Waals surface area contributed by atoms with E-state index < -0.39 is 0 Å². The summed E-state index contributed by atoms with van der Waals surface area (Å²) >= 11 is 0. The molecule has 2 aromatic heterocycles. The maximum atomic E-state index is 4.55. The van der Waals surface area contributed by atoms with Crippen LogP contribution >= 0.6 is 0 Å². The molecule has 4 aromatic rings. The van der Waals surface area contributed by atoms with E-state index in [-0.39, 0.29) is 0 Å². The van der Waals surface area contributed by atoms with Crippen LogP contribution in [-0.2, 0) is 0 Å². The number of benzene rings is 2. The van der Waals surface area contributed by atoms with Gasteiger partial charge in [0.25, 0.3) is 0 Å². The van der Waals surface area contributed by atoms with Gasteiger partial charge in [0.1, 0.15) is 5.65 Å². The topological polar surface area (TPSA) is 28.7 Å². The van der Waals surface area contributed by atoms with Crippen molar-refractivity contribution in [3.63, 3.8) is 0 Å². The minimum Gasteiger partial charge on any atom is -0.339 e. The first-order valence-corrected chi connectivity index (χ1v) is 10.2. The molecule has 2 heterocycles. The highest BCUT2D eigenvalue weighted by Gasteiger charge is 2.08. The van der Waals surface area contributed by atoms with Crippen molar-refractivity contribution >= 4 is 40.2 Å². The predicted molar refractivity (Wildman–Crippen MR) is 122 cm³/mol. The molecule has 0 radical (unpaired) electrons. The predicted octanol–water partition coefficient (Wildman–Crippen LogP) is 7.48. The van der Waals surface area contributed by atoms with Gasteiger partial charge in [0, 0.05) is 22.5 Å². The minimum atomic E-state index is 0.954. The number of allylic oxidation sites excluding steroid dienone is 1. The summed E-state index contributed by atoms with van der Waals surface area (Å²) in [5.41, 5.74) is 5.72. The van der Waals surface area contributed by atoms with Gasteiger partial charge in [0.15, 0.2) is 0 Å². The average molecular weight is 367 g/mol. The Kier molecular flexibility index (Phi) is 5.67. The van der Waals surface area contributed by atoms with Gasteiger partial charge in [-0.2, -0.15) is 0 Å². The molecule has 0 aliphatic heterocycles. The lowest BCUT2D eigenvalue weighted by molar-refractivity contribution is 0.730. The minimum absolute atomic E-state index is 0.954. The second kappa shape index (κ2) is 8.71. The zero-order valence-electron chi connectivity index (χ0n) is 16.4. The Morgan fingerprint density at radius 2 is 1.75 bits per heavy atom. The molecule has 0 unspecified atom stereocenters. The maximum absolute atomic E-state index is 4.55. The van der Waals surface area contributed by atoms with E-state index in [9.17, 15) is 0 Å². The zero-order chi connectivity index (χ0) is 19.2. The first-order valence-electron chi connectivity index (χ1n) is 10.2. The van der Waals surface area contributed by atoms with E-state index in [0.717, 1.165) is 17.6 Å². The fourth-order valence-corrected chi connectivity index (χ4v) is 3.58. The average Bonchev–Trinajstić information content (AvgIpc) is 3.11. The molecule has 0 atom stereocenters. The fraction of sp³-hybridized carbons (Fsp3) is 0.192. The molecule has 28 heavy (non-hydrogen) atoms. The van der Waals surface area contributed by atoms with E-state index >= 15 is 0 Å². The van der Waals surface area contributed by atoms with Crippen LogP contribution < -0.4 is 0 Å². The van der Waals surface area contributed by atoms with Gasteiger partial charge in [0.2, 0.25) is 0 Å². The summed E-state index contributed by atoms with van der Waals surface area (Å²) in [5, 5.41) is 2.44. The van der Waals surface area contributed by atoms with Gasteiger partial charge in [0.05, 0.1) is 0 Å². The number of unbranched alkanes of at least 4 members (excludes halogenated alkanes) is 3.